The normalized spacial score (nSPS) is 25.0. The third-order valence-electron chi connectivity index (χ3n) is 2.36. The summed E-state index contributed by atoms with van der Waals surface area (Å²) >= 11 is 5.06. The minimum atomic E-state index is 0.563. The number of hydrogen-bond acceptors (Lipinski definition) is 3. The Kier molecular flexibility index (Phi) is 2.48. The maximum atomic E-state index is 4.44. The van der Waals surface area contributed by atoms with Gasteiger partial charge in [-0.05, 0) is 42.4 Å². The summed E-state index contributed by atoms with van der Waals surface area (Å²) in [5.74, 6) is 0. The fraction of sp³-hybridized carbons (Fsp3) is 0.625. The van der Waals surface area contributed by atoms with Crippen molar-refractivity contribution in [2.45, 2.75) is 18.9 Å². The largest absolute Gasteiger partial charge is 0.298 e. The summed E-state index contributed by atoms with van der Waals surface area (Å²) in [6.45, 7) is 1.21. The molecule has 2 rings (SSSR count). The van der Waals surface area contributed by atoms with Crippen LogP contribution in [0.15, 0.2) is 9.30 Å². The molecule has 1 aromatic rings. The zero-order valence-electron chi connectivity index (χ0n) is 6.96. The minimum Gasteiger partial charge on any atom is -0.298 e. The second-order valence-electron chi connectivity index (χ2n) is 3.16. The van der Waals surface area contributed by atoms with Crippen molar-refractivity contribution in [3.63, 3.8) is 0 Å². The summed E-state index contributed by atoms with van der Waals surface area (Å²) in [7, 11) is 2.17. The van der Waals surface area contributed by atoms with Crippen molar-refractivity contribution >= 4 is 27.3 Å². The highest BCUT2D eigenvalue weighted by Crippen LogP contribution is 2.31. The van der Waals surface area contributed by atoms with Crippen LogP contribution in [0.2, 0.25) is 0 Å². The van der Waals surface area contributed by atoms with Crippen LogP contribution < -0.4 is 0 Å². The average Bonchev–Trinajstić information content (AvgIpc) is 2.58. The molecule has 66 valence electrons. The Labute approximate surface area is 84.7 Å². The van der Waals surface area contributed by atoms with Gasteiger partial charge in [-0.25, -0.2) is 4.98 Å². The SMILES string of the molecule is CN1CCCC1c1csc(Br)n1. The Morgan fingerprint density at radius 1 is 1.75 bits per heavy atom. The van der Waals surface area contributed by atoms with Crippen LogP contribution in [0.1, 0.15) is 24.6 Å². The smallest absolute Gasteiger partial charge is 0.159 e. The minimum absolute atomic E-state index is 0.563. The van der Waals surface area contributed by atoms with Gasteiger partial charge in [-0.1, -0.05) is 0 Å². The standard InChI is InChI=1S/C8H11BrN2S/c1-11-4-2-3-7(11)6-5-12-8(9)10-6/h5,7H,2-4H2,1H3. The van der Waals surface area contributed by atoms with E-state index in [-0.39, 0.29) is 0 Å². The van der Waals surface area contributed by atoms with Gasteiger partial charge in [0, 0.05) is 5.38 Å². The highest BCUT2D eigenvalue weighted by molar-refractivity contribution is 9.11. The summed E-state index contributed by atoms with van der Waals surface area (Å²) in [5.41, 5.74) is 1.23. The molecule has 2 heterocycles. The van der Waals surface area contributed by atoms with Crippen LogP contribution in [0.4, 0.5) is 0 Å². The Hall–Kier alpha value is 0.0700. The fourth-order valence-electron chi connectivity index (χ4n) is 1.70. The van der Waals surface area contributed by atoms with Crippen LogP contribution in [0.3, 0.4) is 0 Å². The lowest BCUT2D eigenvalue weighted by molar-refractivity contribution is 0.312. The molecule has 0 amide bonds. The van der Waals surface area contributed by atoms with Crippen LogP contribution in [-0.4, -0.2) is 23.5 Å². The van der Waals surface area contributed by atoms with Crippen molar-refractivity contribution in [1.29, 1.82) is 0 Å². The zero-order valence-corrected chi connectivity index (χ0v) is 9.36. The van der Waals surface area contributed by atoms with Gasteiger partial charge in [0.1, 0.15) is 0 Å². The molecule has 0 N–H and O–H groups in total. The molecular formula is C8H11BrN2S. The van der Waals surface area contributed by atoms with Gasteiger partial charge in [0.15, 0.2) is 3.92 Å². The molecular weight excluding hydrogens is 236 g/mol. The molecule has 0 bridgehead atoms. The summed E-state index contributed by atoms with van der Waals surface area (Å²) in [6, 6.07) is 0.563. The molecule has 1 aromatic heterocycles. The van der Waals surface area contributed by atoms with Crippen LogP contribution in [0, 0.1) is 0 Å². The fourth-order valence-corrected chi connectivity index (χ4v) is 2.77. The van der Waals surface area contributed by atoms with Crippen LogP contribution in [0.5, 0.6) is 0 Å². The lowest BCUT2D eigenvalue weighted by Crippen LogP contribution is -2.17. The summed E-state index contributed by atoms with van der Waals surface area (Å²) in [4.78, 5) is 6.81. The molecule has 1 aliphatic heterocycles. The zero-order chi connectivity index (χ0) is 8.55. The summed E-state index contributed by atoms with van der Waals surface area (Å²) < 4.78 is 0.998. The molecule has 1 saturated heterocycles. The quantitative estimate of drug-likeness (QED) is 0.758. The third kappa shape index (κ3) is 1.56. The second kappa shape index (κ2) is 3.44. The van der Waals surface area contributed by atoms with Gasteiger partial charge in [0.2, 0.25) is 0 Å². The van der Waals surface area contributed by atoms with E-state index in [4.69, 9.17) is 0 Å². The Balaban J connectivity index is 2.19. The first kappa shape index (κ1) is 8.66. The van der Waals surface area contributed by atoms with Gasteiger partial charge in [-0.15, -0.1) is 11.3 Å². The molecule has 12 heavy (non-hydrogen) atoms. The summed E-state index contributed by atoms with van der Waals surface area (Å²) in [5, 5.41) is 2.15. The maximum absolute atomic E-state index is 4.44. The predicted octanol–water partition coefficient (Wildman–Crippen LogP) is 2.67. The van der Waals surface area contributed by atoms with E-state index in [2.05, 4.69) is 38.2 Å². The lowest BCUT2D eigenvalue weighted by atomic mass is 10.2. The van der Waals surface area contributed by atoms with Gasteiger partial charge >= 0.3 is 0 Å². The first-order valence-corrected chi connectivity index (χ1v) is 5.76. The average molecular weight is 247 g/mol. The van der Waals surface area contributed by atoms with E-state index in [1.165, 1.54) is 25.1 Å². The first-order valence-electron chi connectivity index (χ1n) is 4.08. The van der Waals surface area contributed by atoms with Crippen molar-refractivity contribution in [1.82, 2.24) is 9.88 Å². The van der Waals surface area contributed by atoms with E-state index in [9.17, 15) is 0 Å². The number of nitrogens with zero attached hydrogens (tertiary/aromatic N) is 2. The first-order chi connectivity index (χ1) is 5.77. The number of thiazole rings is 1. The monoisotopic (exact) mass is 246 g/mol. The molecule has 1 unspecified atom stereocenters. The van der Waals surface area contributed by atoms with E-state index >= 15 is 0 Å². The van der Waals surface area contributed by atoms with Crippen LogP contribution in [0.25, 0.3) is 0 Å². The molecule has 0 aliphatic carbocycles. The van der Waals surface area contributed by atoms with Crippen LogP contribution in [-0.2, 0) is 0 Å². The Bertz CT molecular complexity index is 274. The molecule has 1 atom stereocenters. The van der Waals surface area contributed by atoms with Gasteiger partial charge in [0.25, 0.3) is 0 Å². The summed E-state index contributed by atoms with van der Waals surface area (Å²) in [6.07, 6.45) is 2.56. The molecule has 0 saturated carbocycles. The van der Waals surface area contributed by atoms with Crippen molar-refractivity contribution in [3.05, 3.63) is 15.0 Å². The molecule has 2 nitrogen and oxygen atoms in total. The maximum Gasteiger partial charge on any atom is 0.159 e. The van der Waals surface area contributed by atoms with Crippen molar-refractivity contribution < 1.29 is 0 Å². The number of likely N-dealkylation sites (tertiary alicyclic amines) is 1. The van der Waals surface area contributed by atoms with Crippen LogP contribution >= 0.6 is 27.3 Å². The van der Waals surface area contributed by atoms with Gasteiger partial charge in [-0.2, -0.15) is 0 Å². The van der Waals surface area contributed by atoms with E-state index in [0.717, 1.165) is 3.92 Å². The van der Waals surface area contributed by atoms with Crippen molar-refractivity contribution in [3.8, 4) is 0 Å². The highest BCUT2D eigenvalue weighted by atomic mass is 79.9. The lowest BCUT2D eigenvalue weighted by Gasteiger charge is -2.16. The third-order valence-corrected chi connectivity index (χ3v) is 3.74. The number of rotatable bonds is 1. The van der Waals surface area contributed by atoms with E-state index in [0.29, 0.717) is 6.04 Å². The van der Waals surface area contributed by atoms with E-state index in [1.807, 2.05) is 0 Å². The Morgan fingerprint density at radius 3 is 3.08 bits per heavy atom. The molecule has 0 spiro atoms. The molecule has 0 radical (unpaired) electrons. The molecule has 0 aromatic carbocycles. The van der Waals surface area contributed by atoms with Crippen molar-refractivity contribution in [2.75, 3.05) is 13.6 Å². The second-order valence-corrected chi connectivity index (χ2v) is 5.30. The van der Waals surface area contributed by atoms with Gasteiger partial charge in [0.05, 0.1) is 11.7 Å². The topological polar surface area (TPSA) is 16.1 Å². The molecule has 1 fully saturated rings. The molecule has 4 heteroatoms. The molecule has 1 aliphatic rings. The van der Waals surface area contributed by atoms with Gasteiger partial charge < -0.3 is 0 Å². The predicted molar refractivity (Wildman–Crippen MR) is 54.4 cm³/mol. The van der Waals surface area contributed by atoms with E-state index < -0.39 is 0 Å². The van der Waals surface area contributed by atoms with Gasteiger partial charge in [-0.3, -0.25) is 4.90 Å². The number of halogens is 1. The highest BCUT2D eigenvalue weighted by Gasteiger charge is 2.24. The Morgan fingerprint density at radius 2 is 2.58 bits per heavy atom. The number of aromatic nitrogens is 1. The van der Waals surface area contributed by atoms with E-state index in [1.54, 1.807) is 11.3 Å². The number of hydrogen-bond donors (Lipinski definition) is 0. The van der Waals surface area contributed by atoms with Crippen molar-refractivity contribution in [2.24, 2.45) is 0 Å².